The van der Waals surface area contributed by atoms with Gasteiger partial charge >= 0.3 is 12.2 Å². The molecule has 0 aliphatic carbocycles. The molecule has 10 heterocycles. The zero-order valence-electron chi connectivity index (χ0n) is 39.5. The standard InChI is InChI=1S/C23H35N7O2.C20H29ClN6O2.C3H7N/c1-23(2,3)32-22(31)29-13-11-28(12-14-29)21-16-19(27-9-6-10-27)25-20-15-18(26-30(20)21)17-7-4-5-8-24-17;1-20(2,3)29-19(28)26-10-8-25(9-11-26)18-13-16(21)23-17-12-15(24-27(17)18)14-6-4-5-7-22-14;1-2-4-3-1/h15-17,24H,4-14H2,1-3H3;12-14,22H,4-11H2,1-3H3;4H,1-3H2/t17-;14-;/m00./s1. The number of rotatable bonds is 5. The number of piperazine rings is 2. The summed E-state index contributed by atoms with van der Waals surface area (Å²) in [7, 11) is 0. The fourth-order valence-electron chi connectivity index (χ4n) is 8.68. The van der Waals surface area contributed by atoms with E-state index in [0.29, 0.717) is 50.5 Å². The monoisotopic (exact) mass is 919 g/mol. The number of piperidine rings is 2. The van der Waals surface area contributed by atoms with Crippen molar-refractivity contribution in [2.24, 2.45) is 0 Å². The number of halogens is 1. The first kappa shape index (κ1) is 46.9. The van der Waals surface area contributed by atoms with Gasteiger partial charge in [0.2, 0.25) is 0 Å². The van der Waals surface area contributed by atoms with Crippen molar-refractivity contribution in [1.82, 2.24) is 54.9 Å². The van der Waals surface area contributed by atoms with Crippen LogP contribution < -0.4 is 30.7 Å². The molecule has 6 saturated heterocycles. The van der Waals surface area contributed by atoms with E-state index in [0.717, 1.165) is 92.2 Å². The quantitative estimate of drug-likeness (QED) is 0.198. The Labute approximate surface area is 388 Å². The van der Waals surface area contributed by atoms with Gasteiger partial charge in [-0.1, -0.05) is 24.4 Å². The number of ether oxygens (including phenoxy) is 2. The molecule has 2 atom stereocenters. The number of aromatic nitrogens is 6. The van der Waals surface area contributed by atoms with Crippen LogP contribution in [0.2, 0.25) is 5.15 Å². The van der Waals surface area contributed by atoms with Crippen LogP contribution in [0.15, 0.2) is 24.3 Å². The van der Waals surface area contributed by atoms with Gasteiger partial charge in [-0.3, -0.25) is 0 Å². The van der Waals surface area contributed by atoms with Crippen molar-refractivity contribution < 1.29 is 19.1 Å². The maximum absolute atomic E-state index is 12.5. The molecule has 3 N–H and O–H groups in total. The predicted molar refractivity (Wildman–Crippen MR) is 255 cm³/mol. The largest absolute Gasteiger partial charge is 0.444 e. The number of anilines is 3. The summed E-state index contributed by atoms with van der Waals surface area (Å²) in [4.78, 5) is 44.6. The van der Waals surface area contributed by atoms with Crippen molar-refractivity contribution in [3.05, 3.63) is 40.8 Å². The first-order valence-electron chi connectivity index (χ1n) is 24.0. The molecule has 0 aromatic carbocycles. The maximum Gasteiger partial charge on any atom is 0.410 e. The molecule has 65 heavy (non-hydrogen) atoms. The van der Waals surface area contributed by atoms with Crippen LogP contribution in [0.25, 0.3) is 11.3 Å². The van der Waals surface area contributed by atoms with E-state index in [1.165, 1.54) is 51.6 Å². The lowest BCUT2D eigenvalue weighted by Gasteiger charge is -2.37. The predicted octanol–water partition coefficient (Wildman–Crippen LogP) is 6.05. The highest BCUT2D eigenvalue weighted by Gasteiger charge is 2.31. The molecular formula is C46H71ClN14O4. The highest BCUT2D eigenvalue weighted by atomic mass is 35.5. The van der Waals surface area contributed by atoms with Gasteiger partial charge in [0, 0.05) is 89.7 Å². The lowest BCUT2D eigenvalue weighted by atomic mass is 10.0. The molecule has 0 bridgehead atoms. The summed E-state index contributed by atoms with van der Waals surface area (Å²) in [6, 6.07) is 8.75. The van der Waals surface area contributed by atoms with E-state index in [9.17, 15) is 9.59 Å². The Kier molecular flexibility index (Phi) is 14.8. The van der Waals surface area contributed by atoms with Crippen molar-refractivity contribution in [1.29, 1.82) is 0 Å². The van der Waals surface area contributed by atoms with Crippen molar-refractivity contribution in [3.63, 3.8) is 0 Å². The van der Waals surface area contributed by atoms with Crippen LogP contribution in [0.5, 0.6) is 0 Å². The molecule has 0 radical (unpaired) electrons. The number of nitrogens with zero attached hydrogens (tertiary/aromatic N) is 11. The molecule has 0 unspecified atom stereocenters. The molecule has 356 valence electrons. The van der Waals surface area contributed by atoms with Crippen molar-refractivity contribution in [2.75, 3.05) is 106 Å². The van der Waals surface area contributed by atoms with Crippen LogP contribution in [0.3, 0.4) is 0 Å². The second kappa shape index (κ2) is 20.5. The Bertz CT molecular complexity index is 2210. The third-order valence-electron chi connectivity index (χ3n) is 12.5. The summed E-state index contributed by atoms with van der Waals surface area (Å²) in [5.74, 6) is 2.99. The summed E-state index contributed by atoms with van der Waals surface area (Å²) in [6.07, 6.45) is 9.19. The van der Waals surface area contributed by atoms with E-state index < -0.39 is 11.2 Å². The first-order chi connectivity index (χ1) is 31.2. The number of carbonyl (C=O) groups excluding carboxylic acids is 2. The third kappa shape index (κ3) is 12.0. The molecule has 0 saturated carbocycles. The Hall–Kier alpha value is -4.65. The summed E-state index contributed by atoms with van der Waals surface area (Å²) >= 11 is 6.31. The lowest BCUT2D eigenvalue weighted by molar-refractivity contribution is 0.0230. The molecule has 10 rings (SSSR count). The van der Waals surface area contributed by atoms with E-state index in [1.807, 2.05) is 62.7 Å². The minimum atomic E-state index is -0.488. The number of carbonyl (C=O) groups is 2. The molecular weight excluding hydrogens is 848 g/mol. The van der Waals surface area contributed by atoms with Crippen LogP contribution in [-0.4, -0.2) is 154 Å². The SMILES string of the molecule is C1CNC1.CC(C)(C)OC(=O)N1CCN(c2cc(Cl)nc3cc([C@@H]4CCCCN4)nn23)CC1.CC(C)(C)OC(=O)N1CCN(c2cc(N3CCC3)nc3cc([C@@H]4CCCCN4)nn23)CC1. The third-order valence-corrected chi connectivity index (χ3v) is 12.7. The highest BCUT2D eigenvalue weighted by molar-refractivity contribution is 6.29. The van der Waals surface area contributed by atoms with E-state index >= 15 is 0 Å². The average molecular weight is 920 g/mol. The normalized spacial score (nSPS) is 21.7. The van der Waals surface area contributed by atoms with Crippen LogP contribution in [-0.2, 0) is 9.47 Å². The molecule has 6 fully saturated rings. The van der Waals surface area contributed by atoms with Crippen molar-refractivity contribution in [2.45, 2.75) is 116 Å². The van der Waals surface area contributed by atoms with Gasteiger partial charge in [-0.05, 0) is 106 Å². The number of nitrogens with one attached hydrogen (secondary N) is 3. The van der Waals surface area contributed by atoms with Crippen LogP contribution in [0.4, 0.5) is 27.0 Å². The van der Waals surface area contributed by atoms with Gasteiger partial charge < -0.3 is 49.9 Å². The Morgan fingerprint density at radius 2 is 1.02 bits per heavy atom. The molecule has 6 aliphatic rings. The summed E-state index contributed by atoms with van der Waals surface area (Å²) < 4.78 is 14.9. The van der Waals surface area contributed by atoms with Gasteiger partial charge in [0.15, 0.2) is 11.3 Å². The molecule has 4 aromatic heterocycles. The van der Waals surface area contributed by atoms with Gasteiger partial charge in [-0.15, -0.1) is 0 Å². The van der Waals surface area contributed by atoms with Crippen molar-refractivity contribution >= 4 is 52.5 Å². The molecule has 18 nitrogen and oxygen atoms in total. The summed E-state index contributed by atoms with van der Waals surface area (Å²) in [6.45, 7) is 23.4. The maximum atomic E-state index is 12.5. The minimum Gasteiger partial charge on any atom is -0.444 e. The van der Waals surface area contributed by atoms with E-state index in [2.05, 4.69) is 47.8 Å². The van der Waals surface area contributed by atoms with Crippen LogP contribution in [0.1, 0.15) is 116 Å². The molecule has 0 spiro atoms. The fourth-order valence-corrected chi connectivity index (χ4v) is 8.87. The molecule has 2 amide bonds. The van der Waals surface area contributed by atoms with Gasteiger partial charge in [-0.25, -0.2) is 19.6 Å². The summed E-state index contributed by atoms with van der Waals surface area (Å²) in [5.41, 5.74) is 2.78. The van der Waals surface area contributed by atoms with E-state index in [1.54, 1.807) is 9.80 Å². The second-order valence-corrected chi connectivity index (χ2v) is 20.3. The topological polar surface area (TPSA) is 165 Å². The molecule has 6 aliphatic heterocycles. The van der Waals surface area contributed by atoms with E-state index in [-0.39, 0.29) is 18.2 Å². The zero-order valence-corrected chi connectivity index (χ0v) is 40.2. The van der Waals surface area contributed by atoms with Gasteiger partial charge in [0.1, 0.15) is 33.8 Å². The van der Waals surface area contributed by atoms with Crippen LogP contribution >= 0.6 is 11.6 Å². The van der Waals surface area contributed by atoms with E-state index in [4.69, 9.17) is 36.3 Å². The zero-order chi connectivity index (χ0) is 45.7. The highest BCUT2D eigenvalue weighted by Crippen LogP contribution is 2.31. The Morgan fingerprint density at radius 1 is 0.569 bits per heavy atom. The number of fused-ring (bicyclic) bond motifs is 2. The van der Waals surface area contributed by atoms with Gasteiger partial charge in [0.25, 0.3) is 0 Å². The van der Waals surface area contributed by atoms with Crippen LogP contribution in [0, 0.1) is 0 Å². The first-order valence-corrected chi connectivity index (χ1v) is 24.4. The second-order valence-electron chi connectivity index (χ2n) is 19.9. The van der Waals surface area contributed by atoms with Crippen molar-refractivity contribution in [3.8, 4) is 0 Å². The Morgan fingerprint density at radius 3 is 1.40 bits per heavy atom. The molecule has 19 heteroatoms. The van der Waals surface area contributed by atoms with Gasteiger partial charge in [0.05, 0.1) is 23.5 Å². The number of amides is 2. The minimum absolute atomic E-state index is 0.233. The fraction of sp³-hybridized carbons (Fsp3) is 0.696. The van der Waals surface area contributed by atoms with Gasteiger partial charge in [-0.2, -0.15) is 19.2 Å². The number of hydrogen-bond acceptors (Lipinski definition) is 14. The number of hydrogen-bond donors (Lipinski definition) is 3. The Balaban J connectivity index is 0.000000164. The smallest absolute Gasteiger partial charge is 0.410 e. The average Bonchev–Trinajstić information content (AvgIpc) is 3.87. The summed E-state index contributed by atoms with van der Waals surface area (Å²) in [5, 5.41) is 20.5. The molecule has 4 aromatic rings. The lowest BCUT2D eigenvalue weighted by Crippen LogP contribution is -2.50.